The fraction of sp³-hybridized carbons (Fsp3) is 0.200. The Morgan fingerprint density at radius 1 is 1.24 bits per heavy atom. The van der Waals surface area contributed by atoms with Crippen molar-refractivity contribution in [1.82, 2.24) is 10.1 Å². The van der Waals surface area contributed by atoms with Gasteiger partial charge in [0.25, 0.3) is 0 Å². The van der Waals surface area contributed by atoms with E-state index in [1.807, 2.05) is 18.2 Å². The first-order valence-corrected chi connectivity index (χ1v) is 8.31. The molecule has 4 nitrogen and oxygen atoms in total. The topological polar surface area (TPSA) is 51.0 Å². The van der Waals surface area contributed by atoms with Crippen molar-refractivity contribution in [3.63, 3.8) is 0 Å². The number of rotatable bonds is 2. The van der Waals surface area contributed by atoms with Gasteiger partial charge < -0.3 is 9.84 Å². The van der Waals surface area contributed by atoms with Crippen LogP contribution in [0.15, 0.2) is 44.7 Å². The second kappa shape index (κ2) is 5.27. The Labute approximate surface area is 134 Å². The Morgan fingerprint density at radius 3 is 3.00 bits per heavy atom. The van der Waals surface area contributed by atoms with Crippen molar-refractivity contribution in [3.05, 3.63) is 51.6 Å². The van der Waals surface area contributed by atoms with Crippen LogP contribution in [0.3, 0.4) is 0 Å². The zero-order chi connectivity index (χ0) is 14.2. The molecule has 0 amide bonds. The number of hydrogen-bond donors (Lipinski definition) is 1. The number of hydrogen-bond acceptors (Lipinski definition) is 5. The average molecular weight is 362 g/mol. The van der Waals surface area contributed by atoms with Crippen molar-refractivity contribution in [1.29, 1.82) is 0 Å². The number of aromatic nitrogens is 2. The molecular formula is C15H12BrN3OS. The van der Waals surface area contributed by atoms with E-state index in [-0.39, 0.29) is 5.92 Å². The van der Waals surface area contributed by atoms with Crippen LogP contribution in [0.5, 0.6) is 0 Å². The number of nitrogens with one attached hydrogen (secondary N) is 1. The van der Waals surface area contributed by atoms with Crippen molar-refractivity contribution in [3.8, 4) is 10.7 Å². The second-order valence-electron chi connectivity index (χ2n) is 5.00. The maximum absolute atomic E-state index is 5.47. The third-order valence-electron chi connectivity index (χ3n) is 3.61. The van der Waals surface area contributed by atoms with Crippen molar-refractivity contribution in [2.75, 3.05) is 11.9 Å². The van der Waals surface area contributed by atoms with Gasteiger partial charge in [0.15, 0.2) is 0 Å². The summed E-state index contributed by atoms with van der Waals surface area (Å²) in [5.41, 5.74) is 2.50. The molecule has 4 rings (SSSR count). The normalized spacial score (nSPS) is 17.3. The SMILES string of the molecule is Brc1ccc(-c2noc(C3CNc4ccccc4C3)n2)s1. The first kappa shape index (κ1) is 13.0. The summed E-state index contributed by atoms with van der Waals surface area (Å²) in [6.07, 6.45) is 0.930. The monoisotopic (exact) mass is 361 g/mol. The van der Waals surface area contributed by atoms with E-state index in [2.05, 4.69) is 49.6 Å². The molecule has 1 N–H and O–H groups in total. The molecule has 0 fully saturated rings. The van der Waals surface area contributed by atoms with Gasteiger partial charge >= 0.3 is 0 Å². The molecule has 6 heteroatoms. The van der Waals surface area contributed by atoms with Crippen LogP contribution in [0.1, 0.15) is 17.4 Å². The molecule has 106 valence electrons. The molecule has 21 heavy (non-hydrogen) atoms. The van der Waals surface area contributed by atoms with E-state index in [0.717, 1.165) is 21.6 Å². The molecule has 0 saturated carbocycles. The molecule has 2 aromatic heterocycles. The lowest BCUT2D eigenvalue weighted by atomic mass is 9.94. The van der Waals surface area contributed by atoms with Crippen LogP contribution in [-0.2, 0) is 6.42 Å². The summed E-state index contributed by atoms with van der Waals surface area (Å²) in [7, 11) is 0. The summed E-state index contributed by atoms with van der Waals surface area (Å²) in [4.78, 5) is 5.58. The molecule has 1 atom stereocenters. The van der Waals surface area contributed by atoms with E-state index in [0.29, 0.717) is 11.7 Å². The van der Waals surface area contributed by atoms with Crippen LogP contribution in [-0.4, -0.2) is 16.7 Å². The van der Waals surface area contributed by atoms with E-state index in [1.165, 1.54) is 11.3 Å². The largest absolute Gasteiger partial charge is 0.384 e. The zero-order valence-electron chi connectivity index (χ0n) is 11.0. The zero-order valence-corrected chi connectivity index (χ0v) is 13.4. The third-order valence-corrected chi connectivity index (χ3v) is 5.23. The lowest BCUT2D eigenvalue weighted by Gasteiger charge is -2.23. The van der Waals surface area contributed by atoms with Crippen LogP contribution < -0.4 is 5.32 Å². The maximum atomic E-state index is 5.47. The number of thiophene rings is 1. The van der Waals surface area contributed by atoms with Crippen molar-refractivity contribution >= 4 is 33.0 Å². The summed E-state index contributed by atoms with van der Waals surface area (Å²) in [5, 5.41) is 7.54. The lowest BCUT2D eigenvalue weighted by Crippen LogP contribution is -2.21. The van der Waals surface area contributed by atoms with Crippen molar-refractivity contribution in [2.24, 2.45) is 0 Å². The van der Waals surface area contributed by atoms with Gasteiger partial charge in [-0.2, -0.15) is 4.98 Å². The molecule has 1 aliphatic rings. The fourth-order valence-corrected chi connectivity index (χ4v) is 3.86. The maximum Gasteiger partial charge on any atom is 0.232 e. The lowest BCUT2D eigenvalue weighted by molar-refractivity contribution is 0.354. The molecule has 0 spiro atoms. The summed E-state index contributed by atoms with van der Waals surface area (Å²) in [6, 6.07) is 12.3. The van der Waals surface area contributed by atoms with Crippen LogP contribution >= 0.6 is 27.3 Å². The molecule has 0 saturated heterocycles. The van der Waals surface area contributed by atoms with E-state index in [1.54, 1.807) is 11.3 Å². The number of fused-ring (bicyclic) bond motifs is 1. The highest BCUT2D eigenvalue weighted by Gasteiger charge is 2.25. The highest BCUT2D eigenvalue weighted by atomic mass is 79.9. The quantitative estimate of drug-likeness (QED) is 0.738. The van der Waals surface area contributed by atoms with E-state index in [9.17, 15) is 0 Å². The molecule has 0 radical (unpaired) electrons. The predicted octanol–water partition coefficient (Wildman–Crippen LogP) is 4.31. The number of nitrogens with zero attached hydrogens (tertiary/aromatic N) is 2. The summed E-state index contributed by atoms with van der Waals surface area (Å²) < 4.78 is 6.54. The minimum Gasteiger partial charge on any atom is -0.384 e. The van der Waals surface area contributed by atoms with Gasteiger partial charge in [-0.3, -0.25) is 0 Å². The summed E-state index contributed by atoms with van der Waals surface area (Å²) in [6.45, 7) is 0.826. The first-order chi connectivity index (χ1) is 10.3. The Hall–Kier alpha value is -1.66. The molecule has 3 aromatic rings. The number of halogens is 1. The van der Waals surface area contributed by atoms with E-state index < -0.39 is 0 Å². The minimum atomic E-state index is 0.226. The Morgan fingerprint density at radius 2 is 2.14 bits per heavy atom. The van der Waals surface area contributed by atoms with Crippen molar-refractivity contribution < 1.29 is 4.52 Å². The second-order valence-corrected chi connectivity index (χ2v) is 7.46. The Bertz CT molecular complexity index is 783. The van der Waals surface area contributed by atoms with Crippen LogP contribution in [0.4, 0.5) is 5.69 Å². The number of benzene rings is 1. The molecule has 3 heterocycles. The Balaban J connectivity index is 1.60. The average Bonchev–Trinajstić information content (AvgIpc) is 3.15. The molecular weight excluding hydrogens is 350 g/mol. The molecule has 0 bridgehead atoms. The van der Waals surface area contributed by atoms with Crippen LogP contribution in [0, 0.1) is 0 Å². The van der Waals surface area contributed by atoms with Gasteiger partial charge in [-0.05, 0) is 46.1 Å². The fourth-order valence-electron chi connectivity index (χ4n) is 2.55. The highest BCUT2D eigenvalue weighted by molar-refractivity contribution is 9.11. The predicted molar refractivity (Wildman–Crippen MR) is 86.7 cm³/mol. The summed E-state index contributed by atoms with van der Waals surface area (Å²) >= 11 is 5.06. The van der Waals surface area contributed by atoms with Gasteiger partial charge in [0.2, 0.25) is 11.7 Å². The van der Waals surface area contributed by atoms with Crippen LogP contribution in [0.25, 0.3) is 10.7 Å². The van der Waals surface area contributed by atoms with Crippen molar-refractivity contribution in [2.45, 2.75) is 12.3 Å². The van der Waals surface area contributed by atoms with E-state index in [4.69, 9.17) is 4.52 Å². The van der Waals surface area contributed by atoms with Gasteiger partial charge in [-0.15, -0.1) is 11.3 Å². The van der Waals surface area contributed by atoms with Gasteiger partial charge in [0.05, 0.1) is 14.6 Å². The highest BCUT2D eigenvalue weighted by Crippen LogP contribution is 2.33. The first-order valence-electron chi connectivity index (χ1n) is 6.71. The minimum absolute atomic E-state index is 0.226. The molecule has 1 unspecified atom stereocenters. The number of para-hydroxylation sites is 1. The van der Waals surface area contributed by atoms with Gasteiger partial charge in [0.1, 0.15) is 0 Å². The number of anilines is 1. The third kappa shape index (κ3) is 2.49. The van der Waals surface area contributed by atoms with E-state index >= 15 is 0 Å². The molecule has 0 aliphatic carbocycles. The smallest absolute Gasteiger partial charge is 0.232 e. The standard InChI is InChI=1S/C15H12BrN3OS/c16-13-6-5-12(21-13)14-18-15(20-19-14)10-7-9-3-1-2-4-11(9)17-8-10/h1-6,10,17H,7-8H2. The van der Waals surface area contributed by atoms with Gasteiger partial charge in [-0.25, -0.2) is 0 Å². The Kier molecular flexibility index (Phi) is 3.27. The van der Waals surface area contributed by atoms with Gasteiger partial charge in [0, 0.05) is 12.2 Å². The summed E-state index contributed by atoms with van der Waals surface area (Å²) in [5.74, 6) is 1.60. The molecule has 1 aromatic carbocycles. The van der Waals surface area contributed by atoms with Gasteiger partial charge in [-0.1, -0.05) is 23.4 Å². The van der Waals surface area contributed by atoms with Crippen LogP contribution in [0.2, 0.25) is 0 Å². The molecule has 1 aliphatic heterocycles.